The molecule has 0 fully saturated rings. The van der Waals surface area contributed by atoms with Gasteiger partial charge in [0.05, 0.1) is 5.25 Å². The van der Waals surface area contributed by atoms with E-state index < -0.39 is 5.25 Å². The Morgan fingerprint density at radius 1 is 1.29 bits per heavy atom. The number of nitrogens with one attached hydrogen (secondary N) is 1. The van der Waals surface area contributed by atoms with Crippen LogP contribution < -0.4 is 5.32 Å². The van der Waals surface area contributed by atoms with Crippen LogP contribution in [0.5, 0.6) is 0 Å². The second kappa shape index (κ2) is 10.0. The second-order valence-electron chi connectivity index (χ2n) is 3.46. The average molecular weight is 259 g/mol. The molecular weight excluding hydrogens is 242 g/mol. The van der Waals surface area contributed by atoms with E-state index in [4.69, 9.17) is 0 Å². The number of hydrogen-bond donors (Lipinski definition) is 1. The summed E-state index contributed by atoms with van der Waals surface area (Å²) in [7, 11) is 0. The highest BCUT2D eigenvalue weighted by molar-refractivity contribution is 8.00. The lowest BCUT2D eigenvalue weighted by Gasteiger charge is -2.13. The van der Waals surface area contributed by atoms with Gasteiger partial charge in [0, 0.05) is 31.6 Å². The first-order valence-electron chi connectivity index (χ1n) is 5.37. The number of hydrogen-bond acceptors (Lipinski definition) is 5. The van der Waals surface area contributed by atoms with Crippen molar-refractivity contribution in [2.45, 2.75) is 31.4 Å². The van der Waals surface area contributed by atoms with Crippen LogP contribution in [0.2, 0.25) is 0 Å². The highest BCUT2D eigenvalue weighted by Crippen LogP contribution is 2.15. The maximum Gasteiger partial charge on any atom is 0.233 e. The molecule has 1 atom stereocenters. The van der Waals surface area contributed by atoms with E-state index in [9.17, 15) is 19.2 Å². The molecular formula is C11H17NO4S. The van der Waals surface area contributed by atoms with Crippen molar-refractivity contribution in [1.82, 2.24) is 5.32 Å². The van der Waals surface area contributed by atoms with Crippen LogP contribution in [0.15, 0.2) is 0 Å². The third-order valence-electron chi connectivity index (χ3n) is 1.94. The summed E-state index contributed by atoms with van der Waals surface area (Å²) in [6.07, 6.45) is 2.18. The number of rotatable bonds is 10. The van der Waals surface area contributed by atoms with Gasteiger partial charge in [-0.2, -0.15) is 0 Å². The van der Waals surface area contributed by atoms with Crippen LogP contribution in [0.3, 0.4) is 0 Å². The minimum Gasteiger partial charge on any atom is -0.355 e. The SMILES string of the molecule is CC(=O)CCSC(CC=O)C(=O)NCCC=O. The smallest absolute Gasteiger partial charge is 0.233 e. The predicted octanol–water partition coefficient (Wildman–Crippen LogP) is 0.361. The average Bonchev–Trinajstić information content (AvgIpc) is 2.27. The molecule has 0 aliphatic rings. The first-order valence-corrected chi connectivity index (χ1v) is 6.42. The van der Waals surface area contributed by atoms with Crippen LogP contribution in [-0.2, 0) is 19.2 Å². The van der Waals surface area contributed by atoms with Crippen LogP contribution in [0.4, 0.5) is 0 Å². The van der Waals surface area contributed by atoms with E-state index in [0.717, 1.165) is 6.29 Å². The molecule has 0 bridgehead atoms. The molecule has 0 aromatic heterocycles. The lowest BCUT2D eigenvalue weighted by Crippen LogP contribution is -2.34. The zero-order valence-corrected chi connectivity index (χ0v) is 10.6. The molecule has 17 heavy (non-hydrogen) atoms. The molecule has 0 radical (unpaired) electrons. The van der Waals surface area contributed by atoms with E-state index >= 15 is 0 Å². The standard InChI is InChI=1S/C11H17NO4S/c1-9(15)4-8-17-10(3-7-14)11(16)12-5-2-6-13/h6-7,10H,2-5,8H2,1H3,(H,12,16). The largest absolute Gasteiger partial charge is 0.355 e. The van der Waals surface area contributed by atoms with Gasteiger partial charge in [0.2, 0.25) is 5.91 Å². The lowest BCUT2D eigenvalue weighted by atomic mass is 10.3. The van der Waals surface area contributed by atoms with E-state index in [1.54, 1.807) is 0 Å². The Bertz CT molecular complexity index is 281. The second-order valence-corrected chi connectivity index (χ2v) is 4.77. The molecule has 1 N–H and O–H groups in total. The van der Waals surface area contributed by atoms with Gasteiger partial charge in [-0.1, -0.05) is 0 Å². The van der Waals surface area contributed by atoms with Gasteiger partial charge in [-0.05, 0) is 6.92 Å². The molecule has 0 rings (SSSR count). The number of thioether (sulfide) groups is 1. The Balaban J connectivity index is 4.01. The molecule has 0 saturated carbocycles. The number of amides is 1. The number of carbonyl (C=O) groups is 4. The van der Waals surface area contributed by atoms with Crippen molar-refractivity contribution in [2.75, 3.05) is 12.3 Å². The van der Waals surface area contributed by atoms with Gasteiger partial charge in [0.15, 0.2) is 0 Å². The third kappa shape index (κ3) is 8.62. The van der Waals surface area contributed by atoms with Gasteiger partial charge in [-0.15, -0.1) is 11.8 Å². The minimum absolute atomic E-state index is 0.0590. The monoisotopic (exact) mass is 259 g/mol. The quantitative estimate of drug-likeness (QED) is 0.452. The van der Waals surface area contributed by atoms with E-state index in [2.05, 4.69) is 5.32 Å². The van der Waals surface area contributed by atoms with Crippen LogP contribution in [0.1, 0.15) is 26.2 Å². The van der Waals surface area contributed by atoms with E-state index in [1.165, 1.54) is 18.7 Å². The number of aldehydes is 2. The summed E-state index contributed by atoms with van der Waals surface area (Å²) in [6, 6.07) is 0. The van der Waals surface area contributed by atoms with E-state index in [0.29, 0.717) is 18.5 Å². The molecule has 1 amide bonds. The highest BCUT2D eigenvalue weighted by atomic mass is 32.2. The Labute approximate surface area is 105 Å². The van der Waals surface area contributed by atoms with E-state index in [-0.39, 0.29) is 31.1 Å². The summed E-state index contributed by atoms with van der Waals surface area (Å²) in [5.74, 6) is 0.325. The fourth-order valence-corrected chi connectivity index (χ4v) is 2.19. The maximum atomic E-state index is 11.6. The molecule has 0 aromatic rings. The molecule has 96 valence electrons. The van der Waals surface area contributed by atoms with Crippen molar-refractivity contribution in [3.05, 3.63) is 0 Å². The first-order chi connectivity index (χ1) is 8.11. The third-order valence-corrected chi connectivity index (χ3v) is 3.19. The minimum atomic E-state index is -0.474. The van der Waals surface area contributed by atoms with Crippen molar-refractivity contribution < 1.29 is 19.2 Å². The summed E-state index contributed by atoms with van der Waals surface area (Å²) in [5.41, 5.74) is 0. The van der Waals surface area contributed by atoms with Crippen molar-refractivity contribution >= 4 is 36.0 Å². The maximum absolute atomic E-state index is 11.6. The Morgan fingerprint density at radius 3 is 2.53 bits per heavy atom. The summed E-state index contributed by atoms with van der Waals surface area (Å²) < 4.78 is 0. The van der Waals surface area contributed by atoms with Gasteiger partial charge in [-0.3, -0.25) is 9.59 Å². The van der Waals surface area contributed by atoms with Crippen LogP contribution in [-0.4, -0.2) is 41.8 Å². The highest BCUT2D eigenvalue weighted by Gasteiger charge is 2.17. The molecule has 5 nitrogen and oxygen atoms in total. The van der Waals surface area contributed by atoms with Gasteiger partial charge in [-0.25, -0.2) is 0 Å². The molecule has 6 heteroatoms. The van der Waals surface area contributed by atoms with Crippen molar-refractivity contribution in [1.29, 1.82) is 0 Å². The summed E-state index contributed by atoms with van der Waals surface area (Å²) >= 11 is 1.29. The van der Waals surface area contributed by atoms with E-state index in [1.807, 2.05) is 0 Å². The zero-order chi connectivity index (χ0) is 13.1. The number of Topliss-reactive ketones (excluding diaryl/α,β-unsaturated/α-hetero) is 1. The number of ketones is 1. The van der Waals surface area contributed by atoms with Crippen molar-refractivity contribution in [3.63, 3.8) is 0 Å². The first kappa shape index (κ1) is 15.8. The van der Waals surface area contributed by atoms with Gasteiger partial charge in [0.1, 0.15) is 18.4 Å². The Morgan fingerprint density at radius 2 is 2.00 bits per heavy atom. The molecule has 0 aliphatic heterocycles. The Hall–Kier alpha value is -1.17. The van der Waals surface area contributed by atoms with Crippen molar-refractivity contribution in [3.8, 4) is 0 Å². The molecule has 0 saturated heterocycles. The summed E-state index contributed by atoms with van der Waals surface area (Å²) in [5, 5.41) is 2.10. The fourth-order valence-electron chi connectivity index (χ4n) is 1.05. The molecule has 0 aromatic carbocycles. The number of carbonyl (C=O) groups excluding carboxylic acids is 4. The Kier molecular flexibility index (Phi) is 9.33. The topological polar surface area (TPSA) is 80.3 Å². The van der Waals surface area contributed by atoms with Gasteiger partial charge < -0.3 is 14.9 Å². The predicted molar refractivity (Wildman–Crippen MR) is 65.9 cm³/mol. The summed E-state index contributed by atoms with van der Waals surface area (Å²) in [4.78, 5) is 42.8. The summed E-state index contributed by atoms with van der Waals surface area (Å²) in [6.45, 7) is 1.77. The van der Waals surface area contributed by atoms with Crippen LogP contribution in [0.25, 0.3) is 0 Å². The molecule has 0 spiro atoms. The van der Waals surface area contributed by atoms with Crippen molar-refractivity contribution in [2.24, 2.45) is 0 Å². The lowest BCUT2D eigenvalue weighted by molar-refractivity contribution is -0.122. The molecule has 1 unspecified atom stereocenters. The van der Waals surface area contributed by atoms with Gasteiger partial charge >= 0.3 is 0 Å². The van der Waals surface area contributed by atoms with Crippen LogP contribution in [0, 0.1) is 0 Å². The normalized spacial score (nSPS) is 11.6. The van der Waals surface area contributed by atoms with Crippen LogP contribution >= 0.6 is 11.8 Å². The molecule has 0 aliphatic carbocycles. The molecule has 0 heterocycles. The zero-order valence-electron chi connectivity index (χ0n) is 9.81. The fraction of sp³-hybridized carbons (Fsp3) is 0.636. The van der Waals surface area contributed by atoms with Gasteiger partial charge in [0.25, 0.3) is 0 Å².